The maximum absolute atomic E-state index is 13.9. The molecule has 26 nitrogen and oxygen atoms in total. The van der Waals surface area contributed by atoms with E-state index in [0.29, 0.717) is 102 Å². The fourth-order valence-electron chi connectivity index (χ4n) is 16.5. The topological polar surface area (TPSA) is 361 Å². The number of aliphatic imine (C=N–C) groups is 1. The molecule has 2 spiro atoms. The van der Waals surface area contributed by atoms with Crippen LogP contribution in [-0.2, 0) is 67.0 Å². The molecule has 6 aromatic rings. The number of ketones is 1. The molecule has 2 atom stereocenters. The number of carbonyl (C=O) groups excluding carboxylic acids is 10. The number of benzene rings is 6. The summed E-state index contributed by atoms with van der Waals surface area (Å²) in [6.07, 6.45) is -2.06. The minimum absolute atomic E-state index is 0. The average Bonchev–Trinajstić information content (AvgIpc) is 1.60. The van der Waals surface area contributed by atoms with E-state index >= 15 is 0 Å². The predicted octanol–water partition coefficient (Wildman–Crippen LogP) is 13.1. The van der Waals surface area contributed by atoms with Gasteiger partial charge in [0.05, 0.1) is 46.3 Å². The predicted molar refractivity (Wildman–Crippen MR) is 469 cm³/mol. The number of alkyl halides is 9. The number of amides is 6. The normalized spacial score (nSPS) is 18.9. The molecule has 2 heterocycles. The molecule has 1 saturated heterocycles. The Kier molecular flexibility index (Phi) is 40.9. The molecule has 2 unspecified atom stereocenters. The van der Waals surface area contributed by atoms with Crippen LogP contribution in [0.3, 0.4) is 0 Å². The molecule has 2 aliphatic heterocycles. The zero-order valence-electron chi connectivity index (χ0n) is 77.0. The Morgan fingerprint density at radius 1 is 0.455 bits per heavy atom. The SMILES string of the molecule is CC(C)(C)C1CCC(=O)CC1.COC(=O)CCNC(=O)c1ccc(CCN2C(=O)C(c3ccc(OC(F)(F)F)cc3)=NC23CCC(C(C)(C)C)CC3)cc1.COC(=O)CCNC(=O)c1ccc(CCN2C(=O)C(c3ccc(OC(F)(F)F)cc3)NC23CCC(C(C)(C)C)CC3)cc1.COC(=O)CCNC(=O)c1ccc(CCNC(=O)C(N)c2ccc(OC(F)(F)F)cc2)cc1.[Na+].[OH-]. The van der Waals surface area contributed by atoms with E-state index in [2.05, 4.69) is 117 Å². The summed E-state index contributed by atoms with van der Waals surface area (Å²) in [5.41, 5.74) is 11.0. The quantitative estimate of drug-likeness (QED) is 0.0115. The Bertz CT molecular complexity index is 4740. The van der Waals surface area contributed by atoms with Crippen molar-refractivity contribution in [2.75, 3.05) is 60.6 Å². The maximum atomic E-state index is 13.9. The first kappa shape index (κ1) is 110. The molecule has 132 heavy (non-hydrogen) atoms. The van der Waals surface area contributed by atoms with E-state index in [1.165, 1.54) is 82.0 Å². The van der Waals surface area contributed by atoms with E-state index in [1.54, 1.807) is 48.5 Å². The van der Waals surface area contributed by atoms with Gasteiger partial charge in [0, 0.05) is 74.4 Å². The Morgan fingerprint density at radius 2 is 0.795 bits per heavy atom. The molecule has 3 aliphatic carbocycles. The van der Waals surface area contributed by atoms with E-state index in [-0.39, 0.29) is 138 Å². The van der Waals surface area contributed by atoms with Gasteiger partial charge in [-0.3, -0.25) is 58.3 Å². The second-order valence-corrected chi connectivity index (χ2v) is 36.1. The van der Waals surface area contributed by atoms with E-state index < -0.39 is 72.1 Å². The van der Waals surface area contributed by atoms with E-state index in [1.807, 2.05) is 34.1 Å². The summed E-state index contributed by atoms with van der Waals surface area (Å²) in [6, 6.07) is 34.7. The largest absolute Gasteiger partial charge is 1.00 e. The molecule has 5 aliphatic rings. The summed E-state index contributed by atoms with van der Waals surface area (Å²) >= 11 is 0. The maximum Gasteiger partial charge on any atom is 1.00 e. The third kappa shape index (κ3) is 33.9. The summed E-state index contributed by atoms with van der Waals surface area (Å²) in [4.78, 5) is 130. The fraction of sp³-hybridized carbons (Fsp3) is 0.510. The number of hydrogen-bond acceptors (Lipinski definition) is 20. The number of carbonyl (C=O) groups is 10. The van der Waals surface area contributed by atoms with Gasteiger partial charge in [0.25, 0.3) is 23.6 Å². The summed E-state index contributed by atoms with van der Waals surface area (Å²) in [5, 5.41) is 14.2. The number of nitrogens with two attached hydrogens (primary N) is 1. The van der Waals surface area contributed by atoms with Crippen molar-refractivity contribution in [3.63, 3.8) is 0 Å². The molecule has 0 bridgehead atoms. The molecule has 716 valence electrons. The van der Waals surface area contributed by atoms with Crippen LogP contribution in [0.25, 0.3) is 0 Å². The monoisotopic (exact) mass is 1870 g/mol. The number of esters is 3. The number of rotatable bonds is 28. The van der Waals surface area contributed by atoms with Crippen LogP contribution in [0.2, 0.25) is 0 Å². The van der Waals surface area contributed by atoms with Crippen LogP contribution in [0.15, 0.2) is 151 Å². The number of Topliss-reactive ketones (excluding diaryl/α,β-unsaturated/α-hetero) is 1. The standard InChI is InChI=1S/C32H40F3N3O5.C32H38F3N3O5.C22H24F3N3O5.C10H18O.Na.H2O/c2*1-30(2,3)24-13-17-31(18-14-24)37-27(22-9-11-25(12-10-22)43-32(33,34)35)29(41)38(31)20-16-21-5-7-23(8-6-21)28(40)36-19-15-26(39)42-4;1-32-18(29)11-13-27-20(30)16-4-2-14(3-5-16)10-12-28-21(31)19(26)15-6-8-17(9-7-15)33-22(23,24)25;1-10(2,3)8-4-6-9(11)7-5-8;;/h5-12,24,27,37H,13-20H2,1-4H3,(H,36,40);5-12,24H,13-20H2,1-4H3,(H,36,40);2-9,19H,10-13,26H2,1H3,(H,27,30)(H,28,31);8H,4-7H2,1-3H3;;1H2/q;;;;+1;/p-1. The average molecular weight is 1870 g/mol. The van der Waals surface area contributed by atoms with E-state index in [4.69, 9.17) is 10.7 Å². The smallest absolute Gasteiger partial charge is 0.870 e. The van der Waals surface area contributed by atoms with Crippen LogP contribution in [-0.4, -0.2) is 171 Å². The second kappa shape index (κ2) is 49.0. The number of ether oxygens (including phenoxy) is 6. The van der Waals surface area contributed by atoms with Crippen LogP contribution in [0.1, 0.15) is 235 Å². The molecule has 8 N–H and O–H groups in total. The van der Waals surface area contributed by atoms with Crippen LogP contribution in [0, 0.1) is 34.0 Å². The van der Waals surface area contributed by atoms with Gasteiger partial charge in [-0.05, 0) is 230 Å². The Hall–Kier alpha value is -10.5. The van der Waals surface area contributed by atoms with Crippen molar-refractivity contribution in [3.05, 3.63) is 196 Å². The van der Waals surface area contributed by atoms with Gasteiger partial charge in [0.2, 0.25) is 11.8 Å². The van der Waals surface area contributed by atoms with Gasteiger partial charge in [0.15, 0.2) is 0 Å². The molecule has 36 heteroatoms. The fourth-order valence-corrected chi connectivity index (χ4v) is 16.5. The molecule has 6 amide bonds. The van der Waals surface area contributed by atoms with E-state index in [0.717, 1.165) is 98.9 Å². The summed E-state index contributed by atoms with van der Waals surface area (Å²) in [5.74, 6) is -1.86. The van der Waals surface area contributed by atoms with Gasteiger partial charge >= 0.3 is 66.6 Å². The minimum Gasteiger partial charge on any atom is -0.870 e. The molecule has 0 radical (unpaired) electrons. The molecular formula is C96H121F9N9NaO17. The van der Waals surface area contributed by atoms with Gasteiger partial charge in [-0.2, -0.15) is 0 Å². The van der Waals surface area contributed by atoms with Crippen molar-refractivity contribution in [3.8, 4) is 17.2 Å². The van der Waals surface area contributed by atoms with Crippen molar-refractivity contribution in [2.45, 2.75) is 220 Å². The first-order valence-corrected chi connectivity index (χ1v) is 43.5. The molecule has 4 fully saturated rings. The van der Waals surface area contributed by atoms with Crippen molar-refractivity contribution in [2.24, 2.45) is 44.7 Å². The number of hydrogen-bond donors (Lipinski definition) is 6. The van der Waals surface area contributed by atoms with Gasteiger partial charge in [0.1, 0.15) is 46.5 Å². The third-order valence-electron chi connectivity index (χ3n) is 24.2. The summed E-state index contributed by atoms with van der Waals surface area (Å²) in [7, 11) is 3.85. The van der Waals surface area contributed by atoms with Crippen molar-refractivity contribution in [1.82, 2.24) is 36.4 Å². The van der Waals surface area contributed by atoms with Crippen LogP contribution in [0.4, 0.5) is 39.5 Å². The van der Waals surface area contributed by atoms with Crippen LogP contribution in [0.5, 0.6) is 17.2 Å². The number of methoxy groups -OCH3 is 3. The van der Waals surface area contributed by atoms with Crippen molar-refractivity contribution < 1.29 is 151 Å². The Morgan fingerprint density at radius 3 is 1.16 bits per heavy atom. The Labute approximate surface area is 786 Å². The van der Waals surface area contributed by atoms with E-state index in [9.17, 15) is 87.5 Å². The first-order valence-electron chi connectivity index (χ1n) is 43.5. The van der Waals surface area contributed by atoms with Crippen molar-refractivity contribution in [1.29, 1.82) is 0 Å². The van der Waals surface area contributed by atoms with Crippen LogP contribution < -0.4 is 76.1 Å². The molecular weight excluding hydrogens is 1750 g/mol. The second-order valence-electron chi connectivity index (χ2n) is 36.1. The van der Waals surface area contributed by atoms with Gasteiger partial charge in [-0.15, -0.1) is 39.5 Å². The zero-order chi connectivity index (χ0) is 95.7. The summed E-state index contributed by atoms with van der Waals surface area (Å²) in [6.45, 7) is 21.8. The first-order chi connectivity index (χ1) is 61.0. The number of nitrogens with zero attached hydrogens (tertiary/aromatic N) is 3. The zero-order valence-corrected chi connectivity index (χ0v) is 79.0. The molecule has 3 saturated carbocycles. The van der Waals surface area contributed by atoms with Gasteiger partial charge in [-0.25, -0.2) is 0 Å². The van der Waals surface area contributed by atoms with Gasteiger partial charge < -0.3 is 70.7 Å². The van der Waals surface area contributed by atoms with Crippen molar-refractivity contribution >= 4 is 64.8 Å². The molecule has 0 aromatic heterocycles. The third-order valence-corrected chi connectivity index (χ3v) is 24.2. The number of halogens is 9. The summed E-state index contributed by atoms with van der Waals surface area (Å²) < 4.78 is 138. The molecule has 11 rings (SSSR count). The molecule has 6 aromatic carbocycles. The Balaban J connectivity index is 0.000000287. The minimum atomic E-state index is -4.80. The van der Waals surface area contributed by atoms with Gasteiger partial charge in [-0.1, -0.05) is 123 Å². The van der Waals surface area contributed by atoms with Crippen LogP contribution >= 0.6 is 0 Å². The number of nitrogens with one attached hydrogen (secondary N) is 5.